The van der Waals surface area contributed by atoms with Crippen molar-refractivity contribution in [2.45, 2.75) is 24.7 Å². The minimum absolute atomic E-state index is 0.0108. The van der Waals surface area contributed by atoms with Gasteiger partial charge in [0, 0.05) is 28.6 Å². The van der Waals surface area contributed by atoms with Gasteiger partial charge in [0.2, 0.25) is 15.9 Å². The van der Waals surface area contributed by atoms with Gasteiger partial charge in [-0.1, -0.05) is 34.1 Å². The average molecular weight is 439 g/mol. The molecule has 0 aliphatic rings. The predicted molar refractivity (Wildman–Crippen MR) is 104 cm³/mol. The highest BCUT2D eigenvalue weighted by atomic mass is 79.9. The fraction of sp³-hybridized carbons (Fsp3) is 0.222. The highest BCUT2D eigenvalue weighted by Gasteiger charge is 2.16. The van der Waals surface area contributed by atoms with Gasteiger partial charge in [-0.15, -0.1) is 0 Å². The van der Waals surface area contributed by atoms with Crippen molar-refractivity contribution in [1.29, 1.82) is 0 Å². The number of benzene rings is 2. The number of hydrogen-bond acceptors (Lipinski definition) is 4. The number of anilines is 1. The van der Waals surface area contributed by atoms with Crippen molar-refractivity contribution >= 4 is 43.3 Å². The third-order valence-electron chi connectivity index (χ3n) is 3.78. The van der Waals surface area contributed by atoms with Crippen molar-refractivity contribution in [2.75, 3.05) is 12.4 Å². The molecule has 2 aromatic carbocycles. The Balaban J connectivity index is 2.01. The molecule has 0 unspecified atom stereocenters. The van der Waals surface area contributed by atoms with Crippen LogP contribution in [0.3, 0.4) is 0 Å². The van der Waals surface area contributed by atoms with Crippen LogP contribution in [0.25, 0.3) is 0 Å². The Labute approximate surface area is 161 Å². The zero-order chi connectivity index (χ0) is 19.3. The van der Waals surface area contributed by atoms with Gasteiger partial charge >= 0.3 is 0 Å². The topological polar surface area (TPSA) is 92.3 Å². The first-order valence-corrected chi connectivity index (χ1v) is 10.1. The number of halogens is 1. The van der Waals surface area contributed by atoms with E-state index in [4.69, 9.17) is 0 Å². The Morgan fingerprint density at radius 2 is 1.69 bits per heavy atom. The molecule has 0 saturated carbocycles. The Hall–Kier alpha value is -2.03. The molecule has 0 heterocycles. The van der Waals surface area contributed by atoms with Crippen LogP contribution in [-0.2, 0) is 14.8 Å². The molecular formula is C18H19BrN2O4S. The smallest absolute Gasteiger partial charge is 0.240 e. The highest BCUT2D eigenvalue weighted by molar-refractivity contribution is 9.10. The molecule has 138 valence electrons. The van der Waals surface area contributed by atoms with E-state index in [0.29, 0.717) is 16.8 Å². The van der Waals surface area contributed by atoms with E-state index in [1.165, 1.54) is 13.1 Å². The Bertz CT molecular complexity index is 925. The average Bonchev–Trinajstić information content (AvgIpc) is 2.61. The van der Waals surface area contributed by atoms with E-state index >= 15 is 0 Å². The fourth-order valence-electron chi connectivity index (χ4n) is 2.31. The standard InChI is InChI=1S/C18H19BrN2O4S/c1-12-3-8-15(11-17(12)26(24,25)20-2)21-18(23)10-9-16(22)13-4-6-14(19)7-5-13/h3-8,11,20H,9-10H2,1-2H3,(H,21,23). The van der Waals surface area contributed by atoms with Crippen LogP contribution in [0, 0.1) is 6.92 Å². The number of Topliss-reactive ketones (excluding diaryl/α,β-unsaturated/α-hetero) is 1. The maximum absolute atomic E-state index is 12.1. The third-order valence-corrected chi connectivity index (χ3v) is 5.86. The van der Waals surface area contributed by atoms with Crippen LogP contribution in [0.2, 0.25) is 0 Å². The molecule has 0 atom stereocenters. The molecule has 2 aromatic rings. The molecule has 0 fully saturated rings. The van der Waals surface area contributed by atoms with E-state index < -0.39 is 10.0 Å². The molecular weight excluding hydrogens is 420 g/mol. The summed E-state index contributed by atoms with van der Waals surface area (Å²) in [6, 6.07) is 11.6. The SMILES string of the molecule is CNS(=O)(=O)c1cc(NC(=O)CCC(=O)c2ccc(Br)cc2)ccc1C. The molecule has 0 radical (unpaired) electrons. The Morgan fingerprint density at radius 1 is 1.04 bits per heavy atom. The van der Waals surface area contributed by atoms with Crippen molar-refractivity contribution < 1.29 is 18.0 Å². The molecule has 0 aliphatic heterocycles. The largest absolute Gasteiger partial charge is 0.326 e. The Kier molecular flexibility index (Phi) is 6.69. The van der Waals surface area contributed by atoms with E-state index in [0.717, 1.165) is 4.47 Å². The minimum atomic E-state index is -3.61. The highest BCUT2D eigenvalue weighted by Crippen LogP contribution is 2.20. The number of aryl methyl sites for hydroxylation is 1. The van der Waals surface area contributed by atoms with E-state index in [2.05, 4.69) is 26.0 Å². The lowest BCUT2D eigenvalue weighted by atomic mass is 10.1. The molecule has 0 saturated heterocycles. The lowest BCUT2D eigenvalue weighted by Crippen LogP contribution is -2.20. The van der Waals surface area contributed by atoms with Crippen LogP contribution in [0.4, 0.5) is 5.69 Å². The fourth-order valence-corrected chi connectivity index (χ4v) is 3.57. The summed E-state index contributed by atoms with van der Waals surface area (Å²) >= 11 is 3.30. The normalized spacial score (nSPS) is 11.2. The van der Waals surface area contributed by atoms with Gasteiger partial charge < -0.3 is 5.32 Å². The quantitative estimate of drug-likeness (QED) is 0.648. The molecule has 0 aliphatic carbocycles. The predicted octanol–water partition coefficient (Wildman–Crippen LogP) is 3.27. The molecule has 26 heavy (non-hydrogen) atoms. The van der Waals surface area contributed by atoms with Gasteiger partial charge in [-0.3, -0.25) is 9.59 Å². The maximum Gasteiger partial charge on any atom is 0.240 e. The second kappa shape index (κ2) is 8.57. The number of amides is 1. The molecule has 0 spiro atoms. The number of rotatable bonds is 7. The third kappa shape index (κ3) is 5.23. The van der Waals surface area contributed by atoms with Crippen LogP contribution in [-0.4, -0.2) is 27.2 Å². The lowest BCUT2D eigenvalue weighted by molar-refractivity contribution is -0.116. The number of hydrogen-bond donors (Lipinski definition) is 2. The number of ketones is 1. The summed E-state index contributed by atoms with van der Waals surface area (Å²) < 4.78 is 27.1. The van der Waals surface area contributed by atoms with E-state index in [-0.39, 0.29) is 29.4 Å². The van der Waals surface area contributed by atoms with Gasteiger partial charge in [-0.05, 0) is 43.8 Å². The van der Waals surface area contributed by atoms with Crippen molar-refractivity contribution in [2.24, 2.45) is 0 Å². The van der Waals surface area contributed by atoms with E-state index in [1.807, 2.05) is 0 Å². The van der Waals surface area contributed by atoms with Crippen molar-refractivity contribution in [3.05, 3.63) is 58.1 Å². The molecule has 2 N–H and O–H groups in total. The second-order valence-corrected chi connectivity index (χ2v) is 8.44. The van der Waals surface area contributed by atoms with Gasteiger partial charge in [0.15, 0.2) is 5.78 Å². The van der Waals surface area contributed by atoms with E-state index in [9.17, 15) is 18.0 Å². The van der Waals surface area contributed by atoms with Gasteiger partial charge in [0.05, 0.1) is 4.90 Å². The molecule has 1 amide bonds. The first-order chi connectivity index (χ1) is 12.2. The zero-order valence-corrected chi connectivity index (χ0v) is 16.8. The summed E-state index contributed by atoms with van der Waals surface area (Å²) in [5.41, 5.74) is 1.48. The summed E-state index contributed by atoms with van der Waals surface area (Å²) in [5, 5.41) is 2.63. The number of carbonyl (C=O) groups is 2. The summed E-state index contributed by atoms with van der Waals surface area (Å²) in [5.74, 6) is -0.484. The first kappa shape index (κ1) is 20.3. The van der Waals surface area contributed by atoms with Crippen molar-refractivity contribution in [1.82, 2.24) is 4.72 Å². The van der Waals surface area contributed by atoms with Gasteiger partial charge in [0.1, 0.15) is 0 Å². The molecule has 8 heteroatoms. The number of nitrogens with one attached hydrogen (secondary N) is 2. The van der Waals surface area contributed by atoms with Crippen LogP contribution in [0.5, 0.6) is 0 Å². The lowest BCUT2D eigenvalue weighted by Gasteiger charge is -2.10. The van der Waals surface area contributed by atoms with E-state index in [1.54, 1.807) is 43.3 Å². The zero-order valence-electron chi connectivity index (χ0n) is 14.4. The molecule has 0 aromatic heterocycles. The summed E-state index contributed by atoms with van der Waals surface area (Å²) in [6.45, 7) is 1.67. The number of carbonyl (C=O) groups excluding carboxylic acids is 2. The maximum atomic E-state index is 12.1. The van der Waals surface area contributed by atoms with Gasteiger partial charge in [-0.25, -0.2) is 13.1 Å². The summed E-state index contributed by atoms with van der Waals surface area (Å²) in [6.07, 6.45) is 0.0812. The van der Waals surface area contributed by atoms with Gasteiger partial charge in [-0.2, -0.15) is 0 Å². The molecule has 2 rings (SSSR count). The molecule has 0 bridgehead atoms. The van der Waals surface area contributed by atoms with Crippen LogP contribution in [0.1, 0.15) is 28.8 Å². The minimum Gasteiger partial charge on any atom is -0.326 e. The summed E-state index contributed by atoms with van der Waals surface area (Å²) in [4.78, 5) is 24.3. The van der Waals surface area contributed by atoms with Crippen molar-refractivity contribution in [3.8, 4) is 0 Å². The second-order valence-electron chi connectivity index (χ2n) is 5.67. The first-order valence-electron chi connectivity index (χ1n) is 7.86. The molecule has 6 nitrogen and oxygen atoms in total. The monoisotopic (exact) mass is 438 g/mol. The summed E-state index contributed by atoms with van der Waals surface area (Å²) in [7, 11) is -2.28. The van der Waals surface area contributed by atoms with Crippen molar-refractivity contribution in [3.63, 3.8) is 0 Å². The van der Waals surface area contributed by atoms with Crippen LogP contribution in [0.15, 0.2) is 51.8 Å². The van der Waals surface area contributed by atoms with Crippen LogP contribution < -0.4 is 10.0 Å². The Morgan fingerprint density at radius 3 is 2.31 bits per heavy atom. The van der Waals surface area contributed by atoms with Gasteiger partial charge in [0.25, 0.3) is 0 Å². The van der Waals surface area contributed by atoms with Crippen LogP contribution >= 0.6 is 15.9 Å². The number of sulfonamides is 1.